The highest BCUT2D eigenvalue weighted by Gasteiger charge is 2.16. The van der Waals surface area contributed by atoms with E-state index in [4.69, 9.17) is 5.11 Å². The quantitative estimate of drug-likeness (QED) is 0.894. The lowest BCUT2D eigenvalue weighted by Crippen LogP contribution is -2.35. The Labute approximate surface area is 105 Å². The Balaban J connectivity index is 1.82. The third kappa shape index (κ3) is 3.51. The highest BCUT2D eigenvalue weighted by atomic mass is 32.1. The summed E-state index contributed by atoms with van der Waals surface area (Å²) in [6, 6.07) is 0. The van der Waals surface area contributed by atoms with Gasteiger partial charge in [-0.3, -0.25) is 0 Å². The van der Waals surface area contributed by atoms with Crippen LogP contribution in [0.25, 0.3) is 0 Å². The molecule has 0 bridgehead atoms. The van der Waals surface area contributed by atoms with Crippen LogP contribution in [0.5, 0.6) is 0 Å². The zero-order valence-electron chi connectivity index (χ0n) is 10.1. The smallest absolute Gasteiger partial charge is 0.347 e. The lowest BCUT2D eigenvalue weighted by Gasteiger charge is -2.30. The van der Waals surface area contributed by atoms with E-state index in [0.29, 0.717) is 4.88 Å². The fourth-order valence-electron chi connectivity index (χ4n) is 2.27. The number of carboxylic acids is 1. The molecule has 1 aliphatic heterocycles. The van der Waals surface area contributed by atoms with E-state index in [2.05, 4.69) is 16.8 Å². The van der Waals surface area contributed by atoms with Gasteiger partial charge in [0.05, 0.1) is 11.2 Å². The Morgan fingerprint density at radius 2 is 2.53 bits per heavy atom. The first kappa shape index (κ1) is 12.5. The zero-order valence-corrected chi connectivity index (χ0v) is 10.9. The predicted molar refractivity (Wildman–Crippen MR) is 67.6 cm³/mol. The highest BCUT2D eigenvalue weighted by Crippen LogP contribution is 2.17. The molecule has 17 heavy (non-hydrogen) atoms. The Hall–Kier alpha value is -0.940. The van der Waals surface area contributed by atoms with Crippen LogP contribution in [-0.4, -0.2) is 40.6 Å². The minimum atomic E-state index is -0.875. The second kappa shape index (κ2) is 5.60. The summed E-state index contributed by atoms with van der Waals surface area (Å²) in [6.07, 6.45) is 4.93. The standard InChI is InChI=1S/C12H18N2O2S/c1-9-3-2-5-14(8-9)6-4-11-13-7-10(17-11)12(15)16/h7,9H,2-6,8H2,1H3,(H,15,16). The van der Waals surface area contributed by atoms with Crippen LogP contribution in [-0.2, 0) is 6.42 Å². The molecular formula is C12H18N2O2S. The Morgan fingerprint density at radius 1 is 1.71 bits per heavy atom. The summed E-state index contributed by atoms with van der Waals surface area (Å²) in [7, 11) is 0. The molecule has 2 rings (SSSR count). The Morgan fingerprint density at radius 3 is 3.18 bits per heavy atom. The van der Waals surface area contributed by atoms with Gasteiger partial charge < -0.3 is 10.0 Å². The fraction of sp³-hybridized carbons (Fsp3) is 0.667. The van der Waals surface area contributed by atoms with Crippen molar-refractivity contribution in [3.8, 4) is 0 Å². The van der Waals surface area contributed by atoms with E-state index in [9.17, 15) is 4.79 Å². The number of piperidine rings is 1. The zero-order chi connectivity index (χ0) is 12.3. The minimum absolute atomic E-state index is 0.340. The Kier molecular flexibility index (Phi) is 4.12. The molecule has 1 saturated heterocycles. The molecular weight excluding hydrogens is 236 g/mol. The number of carbonyl (C=O) groups is 1. The molecule has 0 radical (unpaired) electrons. The molecule has 0 saturated carbocycles. The number of hydrogen-bond acceptors (Lipinski definition) is 4. The molecule has 0 aromatic carbocycles. The summed E-state index contributed by atoms with van der Waals surface area (Å²) in [5, 5.41) is 9.74. The molecule has 1 atom stereocenters. The van der Waals surface area contributed by atoms with Crippen LogP contribution in [0, 0.1) is 5.92 Å². The monoisotopic (exact) mass is 254 g/mol. The first-order chi connectivity index (χ1) is 8.15. The lowest BCUT2D eigenvalue weighted by molar-refractivity contribution is 0.0702. The van der Waals surface area contributed by atoms with Gasteiger partial charge in [0, 0.05) is 19.5 Å². The van der Waals surface area contributed by atoms with Gasteiger partial charge in [0.15, 0.2) is 0 Å². The first-order valence-electron chi connectivity index (χ1n) is 6.05. The van der Waals surface area contributed by atoms with Gasteiger partial charge in [0.2, 0.25) is 0 Å². The number of aromatic nitrogens is 1. The number of nitrogens with zero attached hydrogens (tertiary/aromatic N) is 2. The van der Waals surface area contributed by atoms with Gasteiger partial charge in [0.25, 0.3) is 0 Å². The molecule has 1 aromatic rings. The summed E-state index contributed by atoms with van der Waals surface area (Å²) >= 11 is 1.29. The summed E-state index contributed by atoms with van der Waals surface area (Å²) in [5.41, 5.74) is 0. The number of rotatable bonds is 4. The van der Waals surface area contributed by atoms with Crippen molar-refractivity contribution in [2.24, 2.45) is 5.92 Å². The fourth-order valence-corrected chi connectivity index (χ4v) is 3.01. The van der Waals surface area contributed by atoms with Gasteiger partial charge in [-0.1, -0.05) is 6.92 Å². The van der Waals surface area contributed by atoms with E-state index in [-0.39, 0.29) is 0 Å². The van der Waals surface area contributed by atoms with Crippen molar-refractivity contribution in [3.63, 3.8) is 0 Å². The third-order valence-corrected chi connectivity index (χ3v) is 4.19. The van der Waals surface area contributed by atoms with Crippen molar-refractivity contribution >= 4 is 17.3 Å². The number of likely N-dealkylation sites (tertiary alicyclic amines) is 1. The molecule has 1 aromatic heterocycles. The molecule has 0 spiro atoms. The van der Waals surface area contributed by atoms with Gasteiger partial charge in [0.1, 0.15) is 4.88 Å². The summed E-state index contributed by atoms with van der Waals surface area (Å²) in [5.74, 6) is -0.0880. The normalized spacial score (nSPS) is 21.6. The van der Waals surface area contributed by atoms with Gasteiger partial charge in [-0.15, -0.1) is 11.3 Å². The van der Waals surface area contributed by atoms with Crippen molar-refractivity contribution in [2.75, 3.05) is 19.6 Å². The molecule has 1 N–H and O–H groups in total. The third-order valence-electron chi connectivity index (χ3n) is 3.15. The maximum absolute atomic E-state index is 10.7. The van der Waals surface area contributed by atoms with E-state index in [1.807, 2.05) is 0 Å². The molecule has 0 amide bonds. The number of aromatic carboxylic acids is 1. The van der Waals surface area contributed by atoms with E-state index in [0.717, 1.165) is 30.4 Å². The molecule has 2 heterocycles. The van der Waals surface area contributed by atoms with E-state index in [1.165, 1.54) is 36.9 Å². The molecule has 5 heteroatoms. The average Bonchev–Trinajstić information content (AvgIpc) is 2.75. The van der Waals surface area contributed by atoms with E-state index >= 15 is 0 Å². The van der Waals surface area contributed by atoms with Crippen molar-refractivity contribution in [2.45, 2.75) is 26.2 Å². The van der Waals surface area contributed by atoms with Crippen LogP contribution in [0.1, 0.15) is 34.4 Å². The average molecular weight is 254 g/mol. The molecule has 1 aliphatic rings. The SMILES string of the molecule is CC1CCCN(CCc2ncc(C(=O)O)s2)C1. The number of hydrogen-bond donors (Lipinski definition) is 1. The number of carboxylic acid groups (broad SMARTS) is 1. The van der Waals surface area contributed by atoms with Crippen molar-refractivity contribution in [1.82, 2.24) is 9.88 Å². The highest BCUT2D eigenvalue weighted by molar-refractivity contribution is 7.13. The molecule has 94 valence electrons. The lowest BCUT2D eigenvalue weighted by atomic mass is 10.0. The van der Waals surface area contributed by atoms with Crippen molar-refractivity contribution in [3.05, 3.63) is 16.1 Å². The van der Waals surface area contributed by atoms with Gasteiger partial charge >= 0.3 is 5.97 Å². The summed E-state index contributed by atoms with van der Waals surface area (Å²) in [6.45, 7) is 5.62. The summed E-state index contributed by atoms with van der Waals surface area (Å²) < 4.78 is 0. The van der Waals surface area contributed by atoms with Gasteiger partial charge in [-0.05, 0) is 25.3 Å². The second-order valence-corrected chi connectivity index (χ2v) is 5.84. The van der Waals surface area contributed by atoms with Gasteiger partial charge in [-0.25, -0.2) is 9.78 Å². The van der Waals surface area contributed by atoms with E-state index in [1.54, 1.807) is 0 Å². The maximum Gasteiger partial charge on any atom is 0.347 e. The topological polar surface area (TPSA) is 53.4 Å². The molecule has 1 fully saturated rings. The van der Waals surface area contributed by atoms with Crippen LogP contribution in [0.2, 0.25) is 0 Å². The molecule has 0 aliphatic carbocycles. The largest absolute Gasteiger partial charge is 0.477 e. The molecule has 4 nitrogen and oxygen atoms in total. The van der Waals surface area contributed by atoms with Crippen LogP contribution in [0.4, 0.5) is 0 Å². The van der Waals surface area contributed by atoms with Gasteiger partial charge in [-0.2, -0.15) is 0 Å². The van der Waals surface area contributed by atoms with Crippen molar-refractivity contribution in [1.29, 1.82) is 0 Å². The van der Waals surface area contributed by atoms with Crippen molar-refractivity contribution < 1.29 is 9.90 Å². The maximum atomic E-state index is 10.7. The van der Waals surface area contributed by atoms with Crippen LogP contribution in [0.3, 0.4) is 0 Å². The van der Waals surface area contributed by atoms with Crippen LogP contribution in [0.15, 0.2) is 6.20 Å². The summed E-state index contributed by atoms with van der Waals surface area (Å²) in [4.78, 5) is 17.7. The molecule has 1 unspecified atom stereocenters. The van der Waals surface area contributed by atoms with Crippen LogP contribution < -0.4 is 0 Å². The Bertz CT molecular complexity index is 392. The van der Waals surface area contributed by atoms with E-state index < -0.39 is 5.97 Å². The minimum Gasteiger partial charge on any atom is -0.477 e. The second-order valence-electron chi connectivity index (χ2n) is 4.72. The first-order valence-corrected chi connectivity index (χ1v) is 6.87. The number of thiazole rings is 1. The predicted octanol–water partition coefficient (Wildman–Crippen LogP) is 2.12. The van der Waals surface area contributed by atoms with Crippen LogP contribution >= 0.6 is 11.3 Å².